The first-order valence-electron chi connectivity index (χ1n) is 7.19. The Balaban J connectivity index is 3.24. The minimum atomic E-state index is -1.23. The minimum Gasteiger partial charge on any atom is -0.478 e. The Morgan fingerprint density at radius 1 is 1.48 bits per heavy atom. The second kappa shape index (κ2) is 6.39. The molecule has 116 valence electrons. The first-order valence-corrected chi connectivity index (χ1v) is 7.19. The number of carbonyl (C=O) groups excluding carboxylic acids is 1. The summed E-state index contributed by atoms with van der Waals surface area (Å²) in [6.45, 7) is 7.33. The van der Waals surface area contributed by atoms with E-state index in [2.05, 4.69) is 0 Å². The van der Waals surface area contributed by atoms with E-state index in [0.717, 1.165) is 12.5 Å². The molecular formula is C17H24O4. The maximum Gasteiger partial charge on any atom is 0.328 e. The van der Waals surface area contributed by atoms with E-state index in [9.17, 15) is 14.7 Å². The lowest BCUT2D eigenvalue weighted by Gasteiger charge is -2.46. The summed E-state index contributed by atoms with van der Waals surface area (Å²) in [7, 11) is 0. The van der Waals surface area contributed by atoms with Gasteiger partial charge >= 0.3 is 5.97 Å². The van der Waals surface area contributed by atoms with Crippen LogP contribution in [0.15, 0.2) is 35.5 Å². The van der Waals surface area contributed by atoms with Crippen molar-refractivity contribution in [2.24, 2.45) is 5.41 Å². The molecule has 4 nitrogen and oxygen atoms in total. The zero-order valence-electron chi connectivity index (χ0n) is 13.1. The van der Waals surface area contributed by atoms with Crippen molar-refractivity contribution in [1.82, 2.24) is 0 Å². The third-order valence-corrected chi connectivity index (χ3v) is 4.20. The summed E-state index contributed by atoms with van der Waals surface area (Å²) in [6, 6.07) is 0. The Morgan fingerprint density at radius 2 is 2.10 bits per heavy atom. The van der Waals surface area contributed by atoms with Gasteiger partial charge in [0.1, 0.15) is 5.60 Å². The number of carboxylic acid groups (broad SMARTS) is 1. The number of ketones is 1. The number of rotatable bonds is 5. The minimum absolute atomic E-state index is 0.0272. The van der Waals surface area contributed by atoms with Gasteiger partial charge in [-0.05, 0) is 43.6 Å². The van der Waals surface area contributed by atoms with Crippen molar-refractivity contribution in [2.75, 3.05) is 0 Å². The van der Waals surface area contributed by atoms with Crippen molar-refractivity contribution >= 4 is 11.8 Å². The van der Waals surface area contributed by atoms with Gasteiger partial charge in [0.2, 0.25) is 0 Å². The molecule has 0 fully saturated rings. The van der Waals surface area contributed by atoms with E-state index < -0.39 is 17.0 Å². The van der Waals surface area contributed by atoms with Crippen LogP contribution in [0.2, 0.25) is 0 Å². The summed E-state index contributed by atoms with van der Waals surface area (Å²) in [5, 5.41) is 19.8. The fourth-order valence-electron chi connectivity index (χ4n) is 3.06. The summed E-state index contributed by atoms with van der Waals surface area (Å²) in [6.07, 6.45) is 7.66. The van der Waals surface area contributed by atoms with Crippen LogP contribution in [0.3, 0.4) is 0 Å². The van der Waals surface area contributed by atoms with Crippen LogP contribution in [0, 0.1) is 5.41 Å². The van der Waals surface area contributed by atoms with Crippen molar-refractivity contribution in [3.05, 3.63) is 35.5 Å². The standard InChI is InChI=1S/C17H24O4/c1-5-7-16(4)11-14(18)10-13(3)17(16,21)8-6-12(2)9-15(19)20/h6,8-10,21H,5,7,11H2,1-4H3,(H,19,20)/b8-6+,12-9-/t16-,17-/m0/s1. The number of aliphatic carboxylic acids is 1. The molecule has 1 rings (SSSR count). The fourth-order valence-corrected chi connectivity index (χ4v) is 3.06. The van der Waals surface area contributed by atoms with Crippen LogP contribution in [0.5, 0.6) is 0 Å². The predicted molar refractivity (Wildman–Crippen MR) is 81.9 cm³/mol. The number of hydrogen-bond acceptors (Lipinski definition) is 3. The smallest absolute Gasteiger partial charge is 0.328 e. The number of carbonyl (C=O) groups is 2. The van der Waals surface area contributed by atoms with Crippen molar-refractivity contribution in [2.45, 2.75) is 52.6 Å². The van der Waals surface area contributed by atoms with Crippen molar-refractivity contribution in [1.29, 1.82) is 0 Å². The Morgan fingerprint density at radius 3 is 2.62 bits per heavy atom. The third kappa shape index (κ3) is 3.70. The average Bonchev–Trinajstić information content (AvgIpc) is 2.33. The maximum atomic E-state index is 11.8. The van der Waals surface area contributed by atoms with Crippen molar-refractivity contribution in [3.63, 3.8) is 0 Å². The highest BCUT2D eigenvalue weighted by Crippen LogP contribution is 2.47. The zero-order valence-corrected chi connectivity index (χ0v) is 13.1. The van der Waals surface area contributed by atoms with E-state index in [1.807, 2.05) is 13.8 Å². The van der Waals surface area contributed by atoms with Gasteiger partial charge < -0.3 is 10.2 Å². The number of allylic oxidation sites excluding steroid dienone is 3. The van der Waals surface area contributed by atoms with Crippen LogP contribution >= 0.6 is 0 Å². The molecule has 0 unspecified atom stereocenters. The molecule has 2 atom stereocenters. The molecule has 1 aliphatic carbocycles. The van der Waals surface area contributed by atoms with Crippen LogP contribution in [0.1, 0.15) is 47.0 Å². The first-order chi connectivity index (χ1) is 9.64. The lowest BCUT2D eigenvalue weighted by molar-refractivity contribution is -0.131. The van der Waals surface area contributed by atoms with Gasteiger partial charge in [0, 0.05) is 17.9 Å². The molecule has 4 heteroatoms. The topological polar surface area (TPSA) is 74.6 Å². The Kier molecular flexibility index (Phi) is 5.29. The van der Waals surface area contributed by atoms with Crippen molar-refractivity contribution in [3.8, 4) is 0 Å². The highest BCUT2D eigenvalue weighted by atomic mass is 16.4. The zero-order chi connectivity index (χ0) is 16.3. The molecule has 0 radical (unpaired) electrons. The number of hydrogen-bond donors (Lipinski definition) is 2. The second-order valence-electron chi connectivity index (χ2n) is 6.11. The van der Waals surface area contributed by atoms with Crippen LogP contribution in [0.25, 0.3) is 0 Å². The van der Waals surface area contributed by atoms with Gasteiger partial charge in [0.05, 0.1) is 0 Å². The van der Waals surface area contributed by atoms with Gasteiger partial charge in [0.15, 0.2) is 5.78 Å². The molecule has 0 aromatic carbocycles. The fraction of sp³-hybridized carbons (Fsp3) is 0.529. The molecule has 21 heavy (non-hydrogen) atoms. The van der Waals surface area contributed by atoms with E-state index >= 15 is 0 Å². The largest absolute Gasteiger partial charge is 0.478 e. The van der Waals surface area contributed by atoms with Gasteiger partial charge in [-0.15, -0.1) is 0 Å². The Labute approximate surface area is 125 Å². The molecule has 0 aliphatic heterocycles. The molecule has 1 aliphatic rings. The van der Waals surface area contributed by atoms with Gasteiger partial charge in [-0.1, -0.05) is 26.3 Å². The molecular weight excluding hydrogens is 268 g/mol. The number of aliphatic hydroxyl groups is 1. The van der Waals surface area contributed by atoms with Crippen LogP contribution < -0.4 is 0 Å². The average molecular weight is 292 g/mol. The summed E-state index contributed by atoms with van der Waals surface area (Å²) < 4.78 is 0. The first kappa shape index (κ1) is 17.4. The maximum absolute atomic E-state index is 11.8. The van der Waals surface area contributed by atoms with E-state index in [0.29, 0.717) is 24.0 Å². The lowest BCUT2D eigenvalue weighted by Crippen LogP contribution is -2.49. The monoisotopic (exact) mass is 292 g/mol. The molecule has 0 bridgehead atoms. The molecule has 0 saturated heterocycles. The van der Waals surface area contributed by atoms with Crippen LogP contribution in [-0.4, -0.2) is 27.6 Å². The van der Waals surface area contributed by atoms with Gasteiger partial charge in [-0.25, -0.2) is 4.79 Å². The normalized spacial score (nSPS) is 30.6. The molecule has 0 amide bonds. The molecule has 0 heterocycles. The molecule has 0 spiro atoms. The highest BCUT2D eigenvalue weighted by Gasteiger charge is 2.49. The highest BCUT2D eigenvalue weighted by molar-refractivity contribution is 5.93. The van der Waals surface area contributed by atoms with Crippen molar-refractivity contribution < 1.29 is 19.8 Å². The van der Waals surface area contributed by atoms with Crippen LogP contribution in [0.4, 0.5) is 0 Å². The van der Waals surface area contributed by atoms with Gasteiger partial charge in [-0.2, -0.15) is 0 Å². The van der Waals surface area contributed by atoms with E-state index in [4.69, 9.17) is 5.11 Å². The summed E-state index contributed by atoms with van der Waals surface area (Å²) >= 11 is 0. The molecule has 0 aromatic rings. The number of carboxylic acids is 1. The van der Waals surface area contributed by atoms with E-state index in [1.165, 1.54) is 6.08 Å². The molecule has 0 aromatic heterocycles. The SMILES string of the molecule is CCC[C@@]1(C)CC(=O)C=C(C)[C@@]1(O)/C=C/C(C)=C\C(=O)O. The van der Waals surface area contributed by atoms with E-state index in [1.54, 1.807) is 26.0 Å². The summed E-state index contributed by atoms with van der Waals surface area (Å²) in [4.78, 5) is 22.5. The van der Waals surface area contributed by atoms with E-state index in [-0.39, 0.29) is 5.78 Å². The Hall–Kier alpha value is -1.68. The van der Waals surface area contributed by atoms with Gasteiger partial charge in [0.25, 0.3) is 0 Å². The predicted octanol–water partition coefficient (Wildman–Crippen LogP) is 3.03. The second-order valence-corrected chi connectivity index (χ2v) is 6.11. The molecule has 2 N–H and O–H groups in total. The Bertz CT molecular complexity index is 527. The van der Waals surface area contributed by atoms with Gasteiger partial charge in [-0.3, -0.25) is 4.79 Å². The van der Waals surface area contributed by atoms with Crippen LogP contribution in [-0.2, 0) is 9.59 Å². The molecule has 0 saturated carbocycles. The third-order valence-electron chi connectivity index (χ3n) is 4.20. The lowest BCUT2D eigenvalue weighted by atomic mass is 9.61. The summed E-state index contributed by atoms with van der Waals surface area (Å²) in [5.74, 6) is -0.995. The summed E-state index contributed by atoms with van der Waals surface area (Å²) in [5.41, 5.74) is -0.657. The quantitative estimate of drug-likeness (QED) is 0.603.